The first-order chi connectivity index (χ1) is 7.82. The summed E-state index contributed by atoms with van der Waals surface area (Å²) in [6, 6.07) is 0.380. The van der Waals surface area contributed by atoms with Crippen molar-refractivity contribution >= 4 is 5.82 Å². The molecule has 1 aliphatic rings. The molecule has 0 unspecified atom stereocenters. The molecule has 3 heteroatoms. The maximum Gasteiger partial charge on any atom is 0.127 e. The van der Waals surface area contributed by atoms with Gasteiger partial charge in [0.2, 0.25) is 0 Å². The molecule has 1 heterocycles. The lowest BCUT2D eigenvalue weighted by molar-refractivity contribution is 0.411. The van der Waals surface area contributed by atoms with Crippen LogP contribution in [0.3, 0.4) is 0 Å². The maximum absolute atomic E-state index is 6.31. The minimum atomic E-state index is 0.0559. The van der Waals surface area contributed by atoms with Crippen LogP contribution in [0.5, 0.6) is 0 Å². The van der Waals surface area contributed by atoms with Gasteiger partial charge in [-0.2, -0.15) is 0 Å². The topological polar surface area (TPSA) is 43.8 Å². The molecule has 1 saturated carbocycles. The second-order valence-electron chi connectivity index (χ2n) is 6.55. The zero-order valence-electron chi connectivity index (χ0n) is 11.7. The van der Waals surface area contributed by atoms with Crippen LogP contribution in [0.25, 0.3) is 0 Å². The molecule has 0 atom stereocenters. The van der Waals surface area contributed by atoms with Crippen molar-refractivity contribution in [1.29, 1.82) is 0 Å². The standard InChI is InChI=1S/C14H25N3/c1-9(2)17-12(15)11(10-7-6-8-10)16-13(17)14(3,4)5/h9-10H,6-8,15H2,1-5H3. The van der Waals surface area contributed by atoms with Crippen LogP contribution >= 0.6 is 0 Å². The van der Waals surface area contributed by atoms with Crippen LogP contribution in [-0.2, 0) is 5.41 Å². The monoisotopic (exact) mass is 235 g/mol. The van der Waals surface area contributed by atoms with Crippen molar-refractivity contribution < 1.29 is 0 Å². The summed E-state index contributed by atoms with van der Waals surface area (Å²) in [5, 5.41) is 0. The van der Waals surface area contributed by atoms with Crippen molar-refractivity contribution in [3.63, 3.8) is 0 Å². The van der Waals surface area contributed by atoms with E-state index in [1.54, 1.807) is 0 Å². The first kappa shape index (κ1) is 12.5. The van der Waals surface area contributed by atoms with Gasteiger partial charge in [0.05, 0.1) is 5.69 Å². The Kier molecular flexibility index (Phi) is 2.96. The smallest absolute Gasteiger partial charge is 0.127 e. The Hall–Kier alpha value is -0.990. The van der Waals surface area contributed by atoms with Gasteiger partial charge in [-0.25, -0.2) is 4.98 Å². The minimum absolute atomic E-state index is 0.0559. The molecule has 17 heavy (non-hydrogen) atoms. The van der Waals surface area contributed by atoms with E-state index in [9.17, 15) is 0 Å². The highest BCUT2D eigenvalue weighted by Crippen LogP contribution is 2.41. The summed E-state index contributed by atoms with van der Waals surface area (Å²) in [6.07, 6.45) is 3.83. The van der Waals surface area contributed by atoms with Crippen LogP contribution in [0.1, 0.15) is 77.4 Å². The summed E-state index contributed by atoms with van der Waals surface area (Å²) >= 11 is 0. The van der Waals surface area contributed by atoms with Crippen LogP contribution < -0.4 is 5.73 Å². The second-order valence-corrected chi connectivity index (χ2v) is 6.55. The van der Waals surface area contributed by atoms with Crippen LogP contribution in [0.4, 0.5) is 5.82 Å². The summed E-state index contributed by atoms with van der Waals surface area (Å²) in [5.41, 5.74) is 7.52. The third-order valence-corrected chi connectivity index (χ3v) is 3.66. The Bertz CT molecular complexity index is 406. The number of imidazole rings is 1. The molecule has 2 rings (SSSR count). The van der Waals surface area contributed by atoms with E-state index in [4.69, 9.17) is 10.7 Å². The average Bonchev–Trinajstić information content (AvgIpc) is 2.40. The van der Waals surface area contributed by atoms with Gasteiger partial charge in [0.25, 0.3) is 0 Å². The molecule has 3 nitrogen and oxygen atoms in total. The van der Waals surface area contributed by atoms with E-state index in [1.165, 1.54) is 19.3 Å². The molecule has 1 fully saturated rings. The Morgan fingerprint density at radius 1 is 1.29 bits per heavy atom. The summed E-state index contributed by atoms with van der Waals surface area (Å²) in [6.45, 7) is 11.0. The van der Waals surface area contributed by atoms with Crippen molar-refractivity contribution in [1.82, 2.24) is 9.55 Å². The van der Waals surface area contributed by atoms with Crippen molar-refractivity contribution in [2.75, 3.05) is 5.73 Å². The number of rotatable bonds is 2. The van der Waals surface area contributed by atoms with Gasteiger partial charge in [-0.05, 0) is 26.7 Å². The molecule has 0 spiro atoms. The molecule has 96 valence electrons. The highest BCUT2D eigenvalue weighted by atomic mass is 15.2. The summed E-state index contributed by atoms with van der Waals surface area (Å²) < 4.78 is 2.22. The SMILES string of the molecule is CC(C)n1c(C(C)(C)C)nc(C2CCC2)c1N. The molecule has 1 aromatic rings. The molecule has 0 radical (unpaired) electrons. The summed E-state index contributed by atoms with van der Waals surface area (Å²) in [4.78, 5) is 4.86. The van der Waals surface area contributed by atoms with Crippen LogP contribution in [-0.4, -0.2) is 9.55 Å². The number of hydrogen-bond acceptors (Lipinski definition) is 2. The molecule has 0 aliphatic heterocycles. The molecule has 1 aromatic heterocycles. The second kappa shape index (κ2) is 4.04. The highest BCUT2D eigenvalue weighted by molar-refractivity contribution is 5.43. The van der Waals surface area contributed by atoms with Crippen molar-refractivity contribution in [3.05, 3.63) is 11.5 Å². The molecule has 0 amide bonds. The molecular formula is C14H25N3. The first-order valence-corrected chi connectivity index (χ1v) is 6.70. The van der Waals surface area contributed by atoms with Gasteiger partial charge in [-0.15, -0.1) is 0 Å². The lowest BCUT2D eigenvalue weighted by Crippen LogP contribution is -2.21. The number of hydrogen-bond donors (Lipinski definition) is 1. The zero-order chi connectivity index (χ0) is 12.8. The van der Waals surface area contributed by atoms with Gasteiger partial charge in [0.1, 0.15) is 11.6 Å². The number of anilines is 1. The normalized spacial score (nSPS) is 17.5. The lowest BCUT2D eigenvalue weighted by atomic mass is 9.83. The largest absolute Gasteiger partial charge is 0.384 e. The molecular weight excluding hydrogens is 210 g/mol. The average molecular weight is 235 g/mol. The minimum Gasteiger partial charge on any atom is -0.384 e. The van der Waals surface area contributed by atoms with Crippen LogP contribution in [0, 0.1) is 0 Å². The predicted molar refractivity (Wildman–Crippen MR) is 72.3 cm³/mol. The third kappa shape index (κ3) is 2.07. The number of nitrogens with two attached hydrogens (primary N) is 1. The van der Waals surface area contributed by atoms with Gasteiger partial charge in [0.15, 0.2) is 0 Å². The Balaban J connectivity index is 2.50. The lowest BCUT2D eigenvalue weighted by Gasteiger charge is -2.24. The fourth-order valence-electron chi connectivity index (χ4n) is 2.50. The number of aromatic nitrogens is 2. The maximum atomic E-state index is 6.31. The van der Waals surface area contributed by atoms with Crippen LogP contribution in [0.15, 0.2) is 0 Å². The van der Waals surface area contributed by atoms with E-state index in [0.29, 0.717) is 12.0 Å². The third-order valence-electron chi connectivity index (χ3n) is 3.66. The van der Waals surface area contributed by atoms with E-state index in [-0.39, 0.29) is 5.41 Å². The van der Waals surface area contributed by atoms with E-state index in [0.717, 1.165) is 17.3 Å². The molecule has 1 aliphatic carbocycles. The fraction of sp³-hybridized carbons (Fsp3) is 0.786. The Morgan fingerprint density at radius 3 is 2.18 bits per heavy atom. The Morgan fingerprint density at radius 2 is 1.88 bits per heavy atom. The fourth-order valence-corrected chi connectivity index (χ4v) is 2.50. The van der Waals surface area contributed by atoms with E-state index >= 15 is 0 Å². The molecule has 2 N–H and O–H groups in total. The highest BCUT2D eigenvalue weighted by Gasteiger charge is 2.31. The van der Waals surface area contributed by atoms with E-state index in [2.05, 4.69) is 39.2 Å². The number of nitrogens with zero attached hydrogens (tertiary/aromatic N) is 2. The molecule has 0 bridgehead atoms. The molecule has 0 aromatic carbocycles. The Labute approximate surface area is 104 Å². The van der Waals surface area contributed by atoms with E-state index < -0.39 is 0 Å². The van der Waals surface area contributed by atoms with Gasteiger partial charge in [-0.1, -0.05) is 27.2 Å². The summed E-state index contributed by atoms with van der Waals surface area (Å²) in [5.74, 6) is 2.64. The predicted octanol–water partition coefficient (Wildman–Crippen LogP) is 3.61. The van der Waals surface area contributed by atoms with Gasteiger partial charge in [-0.3, -0.25) is 0 Å². The van der Waals surface area contributed by atoms with Gasteiger partial charge < -0.3 is 10.3 Å². The van der Waals surface area contributed by atoms with Crippen molar-refractivity contribution in [2.24, 2.45) is 0 Å². The van der Waals surface area contributed by atoms with E-state index in [1.807, 2.05) is 0 Å². The molecule has 0 saturated heterocycles. The van der Waals surface area contributed by atoms with Gasteiger partial charge in [0, 0.05) is 17.4 Å². The first-order valence-electron chi connectivity index (χ1n) is 6.70. The quantitative estimate of drug-likeness (QED) is 0.851. The van der Waals surface area contributed by atoms with Crippen molar-refractivity contribution in [2.45, 2.75) is 71.3 Å². The number of nitrogen functional groups attached to an aromatic ring is 1. The van der Waals surface area contributed by atoms with Crippen molar-refractivity contribution in [3.8, 4) is 0 Å². The summed E-state index contributed by atoms with van der Waals surface area (Å²) in [7, 11) is 0. The van der Waals surface area contributed by atoms with Crippen LogP contribution in [0.2, 0.25) is 0 Å². The zero-order valence-corrected chi connectivity index (χ0v) is 11.7. The van der Waals surface area contributed by atoms with Gasteiger partial charge >= 0.3 is 0 Å².